The van der Waals surface area contributed by atoms with Gasteiger partial charge in [0.25, 0.3) is 0 Å². The summed E-state index contributed by atoms with van der Waals surface area (Å²) in [6.45, 7) is 2.02. The molecule has 0 aromatic rings. The SMILES string of the molecule is O=C(C1CCCCCCC1)N1CCCC(CCBr)C1. The van der Waals surface area contributed by atoms with Gasteiger partial charge in [0.15, 0.2) is 0 Å². The van der Waals surface area contributed by atoms with Gasteiger partial charge in [-0.05, 0) is 38.0 Å². The molecule has 1 saturated carbocycles. The second-order valence-corrected chi connectivity index (χ2v) is 7.11. The summed E-state index contributed by atoms with van der Waals surface area (Å²) in [7, 11) is 0. The Morgan fingerprint density at radius 1 is 1.00 bits per heavy atom. The number of hydrogen-bond donors (Lipinski definition) is 0. The van der Waals surface area contributed by atoms with Crippen molar-refractivity contribution in [2.24, 2.45) is 11.8 Å². The van der Waals surface area contributed by atoms with Crippen LogP contribution in [0.3, 0.4) is 0 Å². The minimum atomic E-state index is 0.336. The van der Waals surface area contributed by atoms with E-state index in [9.17, 15) is 4.79 Å². The van der Waals surface area contributed by atoms with E-state index >= 15 is 0 Å². The van der Waals surface area contributed by atoms with Gasteiger partial charge < -0.3 is 4.90 Å². The first kappa shape index (κ1) is 15.3. The monoisotopic (exact) mass is 329 g/mol. The number of rotatable bonds is 3. The van der Waals surface area contributed by atoms with Crippen LogP contribution in [-0.2, 0) is 4.79 Å². The molecule has 0 radical (unpaired) electrons. The molecule has 0 aromatic carbocycles. The van der Waals surface area contributed by atoms with Gasteiger partial charge in [-0.3, -0.25) is 4.79 Å². The van der Waals surface area contributed by atoms with E-state index in [2.05, 4.69) is 20.8 Å². The molecule has 3 heteroatoms. The van der Waals surface area contributed by atoms with E-state index in [0.717, 1.165) is 37.2 Å². The Balaban J connectivity index is 1.86. The van der Waals surface area contributed by atoms with Crippen LogP contribution in [0.5, 0.6) is 0 Å². The van der Waals surface area contributed by atoms with E-state index in [1.807, 2.05) is 0 Å². The van der Waals surface area contributed by atoms with E-state index in [-0.39, 0.29) is 0 Å². The van der Waals surface area contributed by atoms with Gasteiger partial charge in [0.05, 0.1) is 0 Å². The summed E-state index contributed by atoms with van der Waals surface area (Å²) in [6, 6.07) is 0. The van der Waals surface area contributed by atoms with Crippen molar-refractivity contribution in [2.45, 2.75) is 64.2 Å². The number of amides is 1. The van der Waals surface area contributed by atoms with Crippen molar-refractivity contribution in [3.63, 3.8) is 0 Å². The third kappa shape index (κ3) is 4.77. The van der Waals surface area contributed by atoms with Crippen LogP contribution in [0.1, 0.15) is 64.2 Å². The Kier molecular flexibility index (Phi) is 6.69. The highest BCUT2D eigenvalue weighted by Crippen LogP contribution is 2.27. The number of nitrogens with zero attached hydrogens (tertiary/aromatic N) is 1. The number of hydrogen-bond acceptors (Lipinski definition) is 1. The van der Waals surface area contributed by atoms with Crippen LogP contribution < -0.4 is 0 Å². The summed E-state index contributed by atoms with van der Waals surface area (Å²) in [5.41, 5.74) is 0. The molecular formula is C16H28BrNO. The quantitative estimate of drug-likeness (QED) is 0.704. The standard InChI is InChI=1S/C16H28BrNO/c17-11-10-14-7-6-12-18(13-14)16(19)15-8-4-2-1-3-5-9-15/h14-15H,1-13H2. The summed E-state index contributed by atoms with van der Waals surface area (Å²) in [5.74, 6) is 1.54. The van der Waals surface area contributed by atoms with Crippen LogP contribution >= 0.6 is 15.9 Å². The molecule has 2 fully saturated rings. The molecule has 1 atom stereocenters. The normalized spacial score (nSPS) is 26.8. The van der Waals surface area contributed by atoms with Crippen molar-refractivity contribution in [3.05, 3.63) is 0 Å². The van der Waals surface area contributed by atoms with Gasteiger partial charge in [-0.1, -0.05) is 48.0 Å². The van der Waals surface area contributed by atoms with Crippen molar-refractivity contribution in [1.29, 1.82) is 0 Å². The summed E-state index contributed by atoms with van der Waals surface area (Å²) in [5, 5.41) is 1.07. The lowest BCUT2D eigenvalue weighted by Crippen LogP contribution is -2.43. The lowest BCUT2D eigenvalue weighted by Gasteiger charge is -2.35. The van der Waals surface area contributed by atoms with Crippen LogP contribution in [0.4, 0.5) is 0 Å². The first-order valence-corrected chi connectivity index (χ1v) is 9.28. The first-order chi connectivity index (χ1) is 9.31. The van der Waals surface area contributed by atoms with Gasteiger partial charge in [-0.25, -0.2) is 0 Å². The topological polar surface area (TPSA) is 20.3 Å². The molecule has 19 heavy (non-hydrogen) atoms. The molecule has 1 aliphatic heterocycles. The lowest BCUT2D eigenvalue weighted by molar-refractivity contribution is -0.138. The molecule has 0 aromatic heterocycles. The fraction of sp³-hybridized carbons (Fsp3) is 0.938. The molecule has 2 rings (SSSR count). The van der Waals surface area contributed by atoms with Crippen LogP contribution in [0.2, 0.25) is 0 Å². The number of alkyl halides is 1. The second kappa shape index (κ2) is 8.28. The highest BCUT2D eigenvalue weighted by Gasteiger charge is 2.28. The van der Waals surface area contributed by atoms with E-state index in [0.29, 0.717) is 11.8 Å². The predicted molar refractivity (Wildman–Crippen MR) is 83.5 cm³/mol. The molecule has 1 amide bonds. The fourth-order valence-corrected chi connectivity index (χ4v) is 4.26. The van der Waals surface area contributed by atoms with E-state index in [1.54, 1.807) is 0 Å². The van der Waals surface area contributed by atoms with E-state index < -0.39 is 0 Å². The molecule has 0 bridgehead atoms. The molecule has 110 valence electrons. The van der Waals surface area contributed by atoms with E-state index in [1.165, 1.54) is 51.4 Å². The molecule has 1 heterocycles. The Bertz CT molecular complexity index is 272. The van der Waals surface area contributed by atoms with Crippen LogP contribution in [0.25, 0.3) is 0 Å². The minimum Gasteiger partial charge on any atom is -0.342 e. The maximum Gasteiger partial charge on any atom is 0.225 e. The van der Waals surface area contributed by atoms with Gasteiger partial charge in [0.1, 0.15) is 0 Å². The average molecular weight is 330 g/mol. The first-order valence-electron chi connectivity index (χ1n) is 8.16. The Labute approximate surface area is 126 Å². The van der Waals surface area contributed by atoms with Crippen molar-refractivity contribution in [2.75, 3.05) is 18.4 Å². The van der Waals surface area contributed by atoms with Crippen LogP contribution in [0, 0.1) is 11.8 Å². The number of likely N-dealkylation sites (tertiary alicyclic amines) is 1. The van der Waals surface area contributed by atoms with Crippen molar-refractivity contribution in [1.82, 2.24) is 4.90 Å². The molecule has 1 unspecified atom stereocenters. The zero-order chi connectivity index (χ0) is 13.5. The molecule has 0 N–H and O–H groups in total. The zero-order valence-corrected chi connectivity index (χ0v) is 13.7. The molecule has 2 nitrogen and oxygen atoms in total. The fourth-order valence-electron chi connectivity index (χ4n) is 3.62. The second-order valence-electron chi connectivity index (χ2n) is 6.31. The average Bonchev–Trinajstić information content (AvgIpc) is 2.38. The van der Waals surface area contributed by atoms with Gasteiger partial charge in [-0.2, -0.15) is 0 Å². The summed E-state index contributed by atoms with van der Waals surface area (Å²) in [6.07, 6.45) is 12.6. The third-order valence-corrected chi connectivity index (χ3v) is 5.26. The van der Waals surface area contributed by atoms with Gasteiger partial charge in [0.2, 0.25) is 5.91 Å². The summed E-state index contributed by atoms with van der Waals surface area (Å²) >= 11 is 3.53. The highest BCUT2D eigenvalue weighted by atomic mass is 79.9. The van der Waals surface area contributed by atoms with Crippen LogP contribution in [-0.4, -0.2) is 29.2 Å². The van der Waals surface area contributed by atoms with Gasteiger partial charge in [0, 0.05) is 24.3 Å². The van der Waals surface area contributed by atoms with Crippen molar-refractivity contribution < 1.29 is 4.79 Å². The summed E-state index contributed by atoms with van der Waals surface area (Å²) in [4.78, 5) is 14.9. The highest BCUT2D eigenvalue weighted by molar-refractivity contribution is 9.09. The largest absolute Gasteiger partial charge is 0.342 e. The minimum absolute atomic E-state index is 0.336. The molecular weight excluding hydrogens is 302 g/mol. The van der Waals surface area contributed by atoms with Crippen LogP contribution in [0.15, 0.2) is 0 Å². The van der Waals surface area contributed by atoms with Crippen molar-refractivity contribution >= 4 is 21.8 Å². The molecule has 1 saturated heterocycles. The Hall–Kier alpha value is -0.0500. The maximum absolute atomic E-state index is 12.7. The smallest absolute Gasteiger partial charge is 0.225 e. The molecule has 2 aliphatic rings. The number of halogens is 1. The maximum atomic E-state index is 12.7. The van der Waals surface area contributed by atoms with Crippen molar-refractivity contribution in [3.8, 4) is 0 Å². The lowest BCUT2D eigenvalue weighted by atomic mass is 9.88. The summed E-state index contributed by atoms with van der Waals surface area (Å²) < 4.78 is 0. The van der Waals surface area contributed by atoms with Gasteiger partial charge >= 0.3 is 0 Å². The number of carbonyl (C=O) groups excluding carboxylic acids is 1. The molecule has 1 aliphatic carbocycles. The van der Waals surface area contributed by atoms with E-state index in [4.69, 9.17) is 0 Å². The number of carbonyl (C=O) groups is 1. The third-order valence-electron chi connectivity index (χ3n) is 4.80. The Morgan fingerprint density at radius 3 is 2.37 bits per heavy atom. The van der Waals surface area contributed by atoms with Gasteiger partial charge in [-0.15, -0.1) is 0 Å². The predicted octanol–water partition coefficient (Wildman–Crippen LogP) is 4.37. The Morgan fingerprint density at radius 2 is 1.68 bits per heavy atom. The number of piperidine rings is 1. The molecule has 0 spiro atoms. The zero-order valence-electron chi connectivity index (χ0n) is 12.1.